The smallest absolute Gasteiger partial charge is 0.174 e. The Kier molecular flexibility index (Phi) is 3.79. The molecule has 4 nitrogen and oxygen atoms in total. The number of rotatable bonds is 3. The second-order valence-corrected chi connectivity index (χ2v) is 5.26. The first-order chi connectivity index (χ1) is 8.13. The molecule has 90 valence electrons. The van der Waals surface area contributed by atoms with Crippen LogP contribution >= 0.6 is 27.5 Å². The van der Waals surface area contributed by atoms with E-state index in [1.165, 1.54) is 5.56 Å². The van der Waals surface area contributed by atoms with E-state index in [2.05, 4.69) is 44.4 Å². The summed E-state index contributed by atoms with van der Waals surface area (Å²) in [6, 6.07) is 6.03. The predicted molar refractivity (Wildman–Crippen MR) is 70.5 cm³/mol. The van der Waals surface area contributed by atoms with Gasteiger partial charge >= 0.3 is 0 Å². The quantitative estimate of drug-likeness (QED) is 0.816. The number of tetrazole rings is 1. The van der Waals surface area contributed by atoms with Gasteiger partial charge in [0.2, 0.25) is 0 Å². The van der Waals surface area contributed by atoms with Crippen molar-refractivity contribution in [3.8, 4) is 5.69 Å². The molecule has 0 saturated heterocycles. The molecule has 0 bridgehead atoms. The van der Waals surface area contributed by atoms with Crippen LogP contribution in [0.25, 0.3) is 5.69 Å². The van der Waals surface area contributed by atoms with Crippen LogP contribution in [-0.4, -0.2) is 20.2 Å². The summed E-state index contributed by atoms with van der Waals surface area (Å²) in [6.07, 6.45) is 0.907. The highest BCUT2D eigenvalue weighted by molar-refractivity contribution is 9.10. The number of aryl methyl sites for hydroxylation is 1. The zero-order valence-electron chi connectivity index (χ0n) is 9.56. The Labute approximate surface area is 113 Å². The maximum Gasteiger partial charge on any atom is 0.174 e. The van der Waals surface area contributed by atoms with E-state index in [0.29, 0.717) is 5.82 Å². The fourth-order valence-corrected chi connectivity index (χ4v) is 2.20. The molecule has 0 aliphatic heterocycles. The molecule has 0 aliphatic carbocycles. The molecule has 1 unspecified atom stereocenters. The highest BCUT2D eigenvalue weighted by atomic mass is 79.9. The molecular formula is C11H12BrClN4. The minimum Gasteiger partial charge on any atom is -0.196 e. The van der Waals surface area contributed by atoms with E-state index in [4.69, 9.17) is 11.6 Å². The van der Waals surface area contributed by atoms with Crippen molar-refractivity contribution in [1.29, 1.82) is 0 Å². The number of alkyl halides is 1. The third-order valence-electron chi connectivity index (χ3n) is 2.50. The molecule has 0 spiro atoms. The Balaban J connectivity index is 2.56. The van der Waals surface area contributed by atoms with E-state index >= 15 is 0 Å². The third-order valence-corrected chi connectivity index (χ3v) is 3.19. The molecule has 0 radical (unpaired) electrons. The Morgan fingerprint density at radius 3 is 2.88 bits per heavy atom. The molecule has 0 amide bonds. The first-order valence-corrected chi connectivity index (χ1v) is 6.57. The fraction of sp³-hybridized carbons (Fsp3) is 0.364. The Hall–Kier alpha value is -0.940. The molecular weight excluding hydrogens is 304 g/mol. The van der Waals surface area contributed by atoms with Crippen LogP contribution in [0.1, 0.15) is 30.6 Å². The van der Waals surface area contributed by atoms with E-state index in [0.717, 1.165) is 16.6 Å². The van der Waals surface area contributed by atoms with Crippen LogP contribution in [0.5, 0.6) is 0 Å². The maximum atomic E-state index is 6.05. The summed E-state index contributed by atoms with van der Waals surface area (Å²) >= 11 is 9.51. The van der Waals surface area contributed by atoms with Crippen LogP contribution in [0, 0.1) is 0 Å². The van der Waals surface area contributed by atoms with Gasteiger partial charge in [-0.3, -0.25) is 0 Å². The average molecular weight is 316 g/mol. The first kappa shape index (κ1) is 12.5. The number of halogens is 2. The monoisotopic (exact) mass is 314 g/mol. The molecule has 6 heteroatoms. The van der Waals surface area contributed by atoms with E-state index < -0.39 is 0 Å². The predicted octanol–water partition coefficient (Wildman–Crippen LogP) is 3.29. The number of hydrogen-bond acceptors (Lipinski definition) is 3. The topological polar surface area (TPSA) is 43.6 Å². The van der Waals surface area contributed by atoms with E-state index in [-0.39, 0.29) is 5.38 Å². The van der Waals surface area contributed by atoms with Gasteiger partial charge in [-0.2, -0.15) is 4.68 Å². The van der Waals surface area contributed by atoms with Gasteiger partial charge in [-0.1, -0.05) is 22.9 Å². The lowest BCUT2D eigenvalue weighted by molar-refractivity contribution is 0.752. The van der Waals surface area contributed by atoms with Gasteiger partial charge < -0.3 is 0 Å². The minimum atomic E-state index is -0.224. The van der Waals surface area contributed by atoms with Crippen molar-refractivity contribution in [3.05, 3.63) is 34.1 Å². The number of hydrogen-bond donors (Lipinski definition) is 0. The minimum absolute atomic E-state index is 0.224. The van der Waals surface area contributed by atoms with E-state index in [9.17, 15) is 0 Å². The molecule has 1 aromatic carbocycles. The molecule has 2 aromatic rings. The van der Waals surface area contributed by atoms with Gasteiger partial charge in [0.1, 0.15) is 0 Å². The molecule has 17 heavy (non-hydrogen) atoms. The summed E-state index contributed by atoms with van der Waals surface area (Å²) in [6.45, 7) is 3.95. The first-order valence-electron chi connectivity index (χ1n) is 5.34. The summed E-state index contributed by atoms with van der Waals surface area (Å²) < 4.78 is 2.75. The summed E-state index contributed by atoms with van der Waals surface area (Å²) in [7, 11) is 0. The van der Waals surface area contributed by atoms with Gasteiger partial charge in [0, 0.05) is 4.47 Å². The van der Waals surface area contributed by atoms with Gasteiger partial charge in [0.15, 0.2) is 5.82 Å². The van der Waals surface area contributed by atoms with Crippen molar-refractivity contribution in [1.82, 2.24) is 20.2 Å². The SMILES string of the molecule is CCc1cc(Br)ccc1-n1nnnc1C(C)Cl. The van der Waals surface area contributed by atoms with Crippen molar-refractivity contribution >= 4 is 27.5 Å². The summed E-state index contributed by atoms with van der Waals surface area (Å²) in [5.74, 6) is 0.656. The van der Waals surface area contributed by atoms with E-state index in [1.807, 2.05) is 19.1 Å². The normalized spacial score (nSPS) is 12.7. The van der Waals surface area contributed by atoms with Crippen LogP contribution in [0.3, 0.4) is 0 Å². The largest absolute Gasteiger partial charge is 0.196 e. The highest BCUT2D eigenvalue weighted by Gasteiger charge is 2.15. The van der Waals surface area contributed by atoms with Gasteiger partial charge in [0.25, 0.3) is 0 Å². The Morgan fingerprint density at radius 2 is 2.24 bits per heavy atom. The third kappa shape index (κ3) is 2.50. The van der Waals surface area contributed by atoms with Gasteiger partial charge in [-0.05, 0) is 47.5 Å². The standard InChI is InChI=1S/C11H12BrClN4/c1-3-8-6-9(12)4-5-10(8)17-11(7(2)13)14-15-16-17/h4-7H,3H2,1-2H3. The Morgan fingerprint density at radius 1 is 1.47 bits per heavy atom. The van der Waals surface area contributed by atoms with Crippen LogP contribution in [0.4, 0.5) is 0 Å². The van der Waals surface area contributed by atoms with Crippen molar-refractivity contribution in [3.63, 3.8) is 0 Å². The van der Waals surface area contributed by atoms with Crippen molar-refractivity contribution in [2.75, 3.05) is 0 Å². The fourth-order valence-electron chi connectivity index (χ4n) is 1.66. The number of benzene rings is 1. The van der Waals surface area contributed by atoms with Crippen molar-refractivity contribution < 1.29 is 0 Å². The second kappa shape index (κ2) is 5.14. The lowest BCUT2D eigenvalue weighted by Crippen LogP contribution is -2.06. The second-order valence-electron chi connectivity index (χ2n) is 3.69. The lowest BCUT2D eigenvalue weighted by atomic mass is 10.1. The van der Waals surface area contributed by atoms with Crippen LogP contribution in [0.15, 0.2) is 22.7 Å². The summed E-state index contributed by atoms with van der Waals surface area (Å²) in [5.41, 5.74) is 2.15. The molecule has 0 saturated carbocycles. The van der Waals surface area contributed by atoms with E-state index in [1.54, 1.807) is 4.68 Å². The van der Waals surface area contributed by atoms with Gasteiger partial charge in [-0.15, -0.1) is 16.7 Å². The summed E-state index contributed by atoms with van der Waals surface area (Å²) in [5, 5.41) is 11.4. The van der Waals surface area contributed by atoms with Crippen molar-refractivity contribution in [2.45, 2.75) is 25.6 Å². The van der Waals surface area contributed by atoms with Crippen LogP contribution in [-0.2, 0) is 6.42 Å². The zero-order chi connectivity index (χ0) is 12.4. The zero-order valence-corrected chi connectivity index (χ0v) is 11.9. The summed E-state index contributed by atoms with van der Waals surface area (Å²) in [4.78, 5) is 0. The Bertz CT molecular complexity index is 524. The lowest BCUT2D eigenvalue weighted by Gasteiger charge is -2.10. The molecule has 0 fully saturated rings. The molecule has 0 N–H and O–H groups in total. The molecule has 1 aromatic heterocycles. The maximum absolute atomic E-state index is 6.05. The van der Waals surface area contributed by atoms with Gasteiger partial charge in [0.05, 0.1) is 11.1 Å². The van der Waals surface area contributed by atoms with Crippen LogP contribution < -0.4 is 0 Å². The molecule has 1 heterocycles. The molecule has 2 rings (SSSR count). The average Bonchev–Trinajstić information content (AvgIpc) is 2.77. The number of nitrogens with zero attached hydrogens (tertiary/aromatic N) is 4. The van der Waals surface area contributed by atoms with Crippen LogP contribution in [0.2, 0.25) is 0 Å². The molecule has 1 atom stereocenters. The highest BCUT2D eigenvalue weighted by Crippen LogP contribution is 2.24. The number of aromatic nitrogens is 4. The van der Waals surface area contributed by atoms with Gasteiger partial charge in [-0.25, -0.2) is 0 Å². The van der Waals surface area contributed by atoms with Crippen molar-refractivity contribution in [2.24, 2.45) is 0 Å². The molecule has 0 aliphatic rings.